The smallest absolute Gasteiger partial charge is 0.0169 e. The largest absolute Gasteiger partial charge is 0.381 e. The zero-order valence-corrected chi connectivity index (χ0v) is 7.55. The molecule has 0 amide bonds. The Morgan fingerprint density at radius 1 is 1.27 bits per heavy atom. The molecule has 0 aliphatic heterocycles. The Hall–Kier alpha value is -0.500. The molecule has 0 aromatic heterocycles. The van der Waals surface area contributed by atoms with E-state index < -0.39 is 0 Å². The second-order valence-corrected chi connectivity index (χ2v) is 2.87. The second kappa shape index (κ2) is 7.61. The maximum atomic E-state index is 5.37. The molecule has 2 nitrogen and oxygen atoms in total. The van der Waals surface area contributed by atoms with Crippen LogP contribution >= 0.6 is 0 Å². The summed E-state index contributed by atoms with van der Waals surface area (Å²) in [7, 11) is 2.05. The lowest BCUT2D eigenvalue weighted by atomic mass is 10.2. The van der Waals surface area contributed by atoms with Crippen molar-refractivity contribution in [2.75, 3.05) is 20.1 Å². The lowest BCUT2D eigenvalue weighted by Gasteiger charge is -2.11. The molecule has 0 saturated carbocycles. The minimum absolute atomic E-state index is 0.831. The van der Waals surface area contributed by atoms with Crippen molar-refractivity contribution in [1.29, 1.82) is 0 Å². The molecule has 0 spiro atoms. The summed E-state index contributed by atoms with van der Waals surface area (Å²) in [6.07, 6.45) is 6.83. The quantitative estimate of drug-likeness (QED) is 0.567. The molecular formula is C9H20N2. The van der Waals surface area contributed by atoms with E-state index in [1.807, 2.05) is 6.20 Å². The first kappa shape index (κ1) is 10.5. The predicted octanol–water partition coefficient (Wildman–Crippen LogP) is 1.58. The summed E-state index contributed by atoms with van der Waals surface area (Å²) < 4.78 is 0. The molecule has 0 rings (SSSR count). The third kappa shape index (κ3) is 7.40. The Morgan fingerprint density at radius 3 is 2.45 bits per heavy atom. The molecule has 11 heavy (non-hydrogen) atoms. The van der Waals surface area contributed by atoms with Gasteiger partial charge in [-0.25, -0.2) is 0 Å². The lowest BCUT2D eigenvalue weighted by Crippen LogP contribution is -2.11. The van der Waals surface area contributed by atoms with E-state index in [4.69, 9.17) is 5.73 Å². The topological polar surface area (TPSA) is 29.3 Å². The number of rotatable bonds is 7. The van der Waals surface area contributed by atoms with Gasteiger partial charge in [-0.05, 0) is 25.6 Å². The van der Waals surface area contributed by atoms with Gasteiger partial charge in [-0.2, -0.15) is 0 Å². The summed E-state index contributed by atoms with van der Waals surface area (Å²) in [5.41, 5.74) is 5.37. The van der Waals surface area contributed by atoms with Gasteiger partial charge in [0.15, 0.2) is 0 Å². The van der Waals surface area contributed by atoms with E-state index in [-0.39, 0.29) is 0 Å². The van der Waals surface area contributed by atoms with E-state index in [2.05, 4.69) is 18.5 Å². The van der Waals surface area contributed by atoms with Crippen molar-refractivity contribution in [2.24, 2.45) is 5.73 Å². The summed E-state index contributed by atoms with van der Waals surface area (Å²) in [5, 5.41) is 0. The first-order valence-electron chi connectivity index (χ1n) is 4.34. The second-order valence-electron chi connectivity index (χ2n) is 2.87. The molecule has 0 saturated heterocycles. The van der Waals surface area contributed by atoms with Crippen LogP contribution in [-0.4, -0.2) is 25.0 Å². The molecule has 0 radical (unpaired) electrons. The fourth-order valence-electron chi connectivity index (χ4n) is 0.950. The van der Waals surface area contributed by atoms with Crippen molar-refractivity contribution in [3.63, 3.8) is 0 Å². The molecule has 0 heterocycles. The first-order valence-corrected chi connectivity index (χ1v) is 4.34. The number of unbranched alkanes of at least 4 members (excludes halogenated alkanes) is 3. The van der Waals surface area contributed by atoms with Gasteiger partial charge in [0.1, 0.15) is 0 Å². The minimum atomic E-state index is 0.831. The highest BCUT2D eigenvalue weighted by molar-refractivity contribution is 4.65. The van der Waals surface area contributed by atoms with Gasteiger partial charge in [-0.1, -0.05) is 19.4 Å². The summed E-state index contributed by atoms with van der Waals surface area (Å²) in [4.78, 5) is 2.11. The van der Waals surface area contributed by atoms with Gasteiger partial charge in [0, 0.05) is 13.6 Å². The third-order valence-electron chi connectivity index (χ3n) is 1.78. The molecule has 0 bridgehead atoms. The predicted molar refractivity (Wildman–Crippen MR) is 50.3 cm³/mol. The van der Waals surface area contributed by atoms with Crippen LogP contribution in [0.25, 0.3) is 0 Å². The molecule has 0 aromatic rings. The summed E-state index contributed by atoms with van der Waals surface area (Å²) in [6, 6.07) is 0. The number of nitrogens with two attached hydrogens (primary N) is 1. The molecule has 66 valence electrons. The Balaban J connectivity index is 2.95. The molecule has 0 aromatic carbocycles. The van der Waals surface area contributed by atoms with Crippen molar-refractivity contribution in [3.8, 4) is 0 Å². The number of hydrogen-bond acceptors (Lipinski definition) is 2. The van der Waals surface area contributed by atoms with Gasteiger partial charge in [-0.3, -0.25) is 0 Å². The van der Waals surface area contributed by atoms with Crippen LogP contribution in [0.4, 0.5) is 0 Å². The van der Waals surface area contributed by atoms with Crippen LogP contribution in [0, 0.1) is 0 Å². The number of nitrogens with zero attached hydrogens (tertiary/aromatic N) is 1. The van der Waals surface area contributed by atoms with E-state index in [0.717, 1.165) is 19.5 Å². The van der Waals surface area contributed by atoms with E-state index in [1.165, 1.54) is 19.3 Å². The van der Waals surface area contributed by atoms with Crippen molar-refractivity contribution in [3.05, 3.63) is 12.8 Å². The van der Waals surface area contributed by atoms with Gasteiger partial charge in [0.2, 0.25) is 0 Å². The third-order valence-corrected chi connectivity index (χ3v) is 1.78. The fourth-order valence-corrected chi connectivity index (χ4v) is 0.950. The molecule has 0 aliphatic rings. The van der Waals surface area contributed by atoms with Crippen LogP contribution in [0.5, 0.6) is 0 Å². The number of hydrogen-bond donors (Lipinski definition) is 1. The van der Waals surface area contributed by atoms with Gasteiger partial charge >= 0.3 is 0 Å². The molecule has 2 N–H and O–H groups in total. The van der Waals surface area contributed by atoms with E-state index in [9.17, 15) is 0 Å². The maximum Gasteiger partial charge on any atom is 0.0169 e. The average molecular weight is 156 g/mol. The standard InChI is InChI=1S/C9H20N2/c1-3-11(2)9-7-5-4-6-8-10/h3H,1,4-10H2,2H3. The highest BCUT2D eigenvalue weighted by atomic mass is 15.1. The van der Waals surface area contributed by atoms with E-state index in [1.54, 1.807) is 0 Å². The van der Waals surface area contributed by atoms with Crippen LogP contribution < -0.4 is 5.73 Å². The molecular weight excluding hydrogens is 136 g/mol. The summed E-state index contributed by atoms with van der Waals surface area (Å²) in [5.74, 6) is 0. The van der Waals surface area contributed by atoms with Crippen LogP contribution in [0.15, 0.2) is 12.8 Å². The highest BCUT2D eigenvalue weighted by Crippen LogP contribution is 1.99. The van der Waals surface area contributed by atoms with Crippen molar-refractivity contribution in [1.82, 2.24) is 4.90 Å². The van der Waals surface area contributed by atoms with E-state index >= 15 is 0 Å². The summed E-state index contributed by atoms with van der Waals surface area (Å²) >= 11 is 0. The zero-order chi connectivity index (χ0) is 8.53. The average Bonchev–Trinajstić information content (AvgIpc) is 2.04. The van der Waals surface area contributed by atoms with Crippen molar-refractivity contribution < 1.29 is 0 Å². The van der Waals surface area contributed by atoms with Gasteiger partial charge < -0.3 is 10.6 Å². The Bertz CT molecular complexity index is 91.6. The van der Waals surface area contributed by atoms with Gasteiger partial charge in [-0.15, -0.1) is 0 Å². The van der Waals surface area contributed by atoms with Crippen LogP contribution in [-0.2, 0) is 0 Å². The summed E-state index contributed by atoms with van der Waals surface area (Å²) in [6.45, 7) is 5.63. The Labute approximate surface area is 70.1 Å². The molecule has 0 fully saturated rings. The Kier molecular flexibility index (Phi) is 7.26. The zero-order valence-electron chi connectivity index (χ0n) is 7.55. The van der Waals surface area contributed by atoms with Crippen molar-refractivity contribution >= 4 is 0 Å². The monoisotopic (exact) mass is 156 g/mol. The fraction of sp³-hybridized carbons (Fsp3) is 0.778. The maximum absolute atomic E-state index is 5.37. The molecule has 0 unspecified atom stereocenters. The van der Waals surface area contributed by atoms with Gasteiger partial charge in [0.25, 0.3) is 0 Å². The minimum Gasteiger partial charge on any atom is -0.381 e. The Morgan fingerprint density at radius 2 is 1.91 bits per heavy atom. The van der Waals surface area contributed by atoms with Crippen LogP contribution in [0.2, 0.25) is 0 Å². The van der Waals surface area contributed by atoms with Crippen LogP contribution in [0.3, 0.4) is 0 Å². The van der Waals surface area contributed by atoms with Crippen molar-refractivity contribution in [2.45, 2.75) is 25.7 Å². The first-order chi connectivity index (χ1) is 5.31. The van der Waals surface area contributed by atoms with Gasteiger partial charge in [0.05, 0.1) is 0 Å². The normalized spacial score (nSPS) is 9.64. The lowest BCUT2D eigenvalue weighted by molar-refractivity contribution is 0.432. The molecule has 0 aliphatic carbocycles. The highest BCUT2D eigenvalue weighted by Gasteiger charge is 1.90. The molecule has 0 atom stereocenters. The van der Waals surface area contributed by atoms with E-state index in [0.29, 0.717) is 0 Å². The van der Waals surface area contributed by atoms with Crippen LogP contribution in [0.1, 0.15) is 25.7 Å². The molecule has 2 heteroatoms. The SMILES string of the molecule is C=CN(C)CCCCCCN.